The van der Waals surface area contributed by atoms with Crippen molar-refractivity contribution in [3.8, 4) is 0 Å². The Bertz CT molecular complexity index is 477. The van der Waals surface area contributed by atoms with Gasteiger partial charge in [0, 0.05) is 30.3 Å². The summed E-state index contributed by atoms with van der Waals surface area (Å²) in [5.74, 6) is -0.249. The van der Waals surface area contributed by atoms with E-state index in [0.717, 1.165) is 24.2 Å². The summed E-state index contributed by atoms with van der Waals surface area (Å²) in [4.78, 5) is 13.6. The molecule has 0 spiro atoms. The van der Waals surface area contributed by atoms with Crippen molar-refractivity contribution in [2.75, 3.05) is 18.0 Å². The van der Waals surface area contributed by atoms with Crippen LogP contribution in [0.25, 0.3) is 0 Å². The lowest BCUT2D eigenvalue weighted by Gasteiger charge is -2.24. The molecule has 1 atom stereocenters. The number of benzene rings is 1. The molecule has 1 amide bonds. The van der Waals surface area contributed by atoms with Gasteiger partial charge in [0.05, 0.1) is 5.41 Å². The van der Waals surface area contributed by atoms with E-state index >= 15 is 0 Å². The standard InChI is InChI=1S/C13H18ClN3O/c1-13(12(16)18)4-5-17(8-13)11-6-10(14)3-2-9(11)7-15/h2-3,6H,4-5,7-8,15H2,1H3,(H2,16,18). The number of primary amides is 1. The molecule has 0 saturated carbocycles. The molecule has 0 bridgehead atoms. The molecule has 1 heterocycles. The predicted molar refractivity (Wildman–Crippen MR) is 73.5 cm³/mol. The number of halogens is 1. The van der Waals surface area contributed by atoms with E-state index in [2.05, 4.69) is 4.90 Å². The van der Waals surface area contributed by atoms with Gasteiger partial charge in [-0.05, 0) is 31.0 Å². The summed E-state index contributed by atoms with van der Waals surface area (Å²) in [6.07, 6.45) is 0.763. The van der Waals surface area contributed by atoms with Crippen molar-refractivity contribution in [2.45, 2.75) is 19.9 Å². The Balaban J connectivity index is 2.29. The summed E-state index contributed by atoms with van der Waals surface area (Å²) in [5.41, 5.74) is 12.8. The van der Waals surface area contributed by atoms with E-state index in [1.165, 1.54) is 0 Å². The number of nitrogens with two attached hydrogens (primary N) is 2. The number of rotatable bonds is 3. The lowest BCUT2D eigenvalue weighted by Crippen LogP contribution is -2.37. The lowest BCUT2D eigenvalue weighted by molar-refractivity contribution is -0.125. The summed E-state index contributed by atoms with van der Waals surface area (Å²) >= 11 is 6.03. The number of nitrogens with zero attached hydrogens (tertiary/aromatic N) is 1. The van der Waals surface area contributed by atoms with E-state index in [9.17, 15) is 4.79 Å². The zero-order chi connectivity index (χ0) is 13.3. The van der Waals surface area contributed by atoms with Crippen LogP contribution >= 0.6 is 11.6 Å². The summed E-state index contributed by atoms with van der Waals surface area (Å²) < 4.78 is 0. The van der Waals surface area contributed by atoms with Gasteiger partial charge >= 0.3 is 0 Å². The lowest BCUT2D eigenvalue weighted by atomic mass is 9.89. The van der Waals surface area contributed by atoms with E-state index in [1.807, 2.05) is 25.1 Å². The van der Waals surface area contributed by atoms with Crippen LogP contribution in [0.2, 0.25) is 5.02 Å². The Morgan fingerprint density at radius 2 is 2.28 bits per heavy atom. The summed E-state index contributed by atoms with van der Waals surface area (Å²) in [7, 11) is 0. The molecule has 4 nitrogen and oxygen atoms in total. The number of carbonyl (C=O) groups is 1. The van der Waals surface area contributed by atoms with E-state index in [-0.39, 0.29) is 5.91 Å². The second-order valence-electron chi connectivity index (χ2n) is 5.07. The van der Waals surface area contributed by atoms with Gasteiger partial charge in [0.1, 0.15) is 0 Å². The monoisotopic (exact) mass is 267 g/mol. The first-order valence-corrected chi connectivity index (χ1v) is 6.37. The van der Waals surface area contributed by atoms with E-state index in [0.29, 0.717) is 18.1 Å². The SMILES string of the molecule is CC1(C(N)=O)CCN(c2cc(Cl)ccc2CN)C1. The third kappa shape index (κ3) is 2.31. The Labute approximate surface area is 112 Å². The van der Waals surface area contributed by atoms with Gasteiger partial charge in [-0.25, -0.2) is 0 Å². The molecule has 0 radical (unpaired) electrons. The zero-order valence-electron chi connectivity index (χ0n) is 10.4. The second kappa shape index (κ2) is 4.78. The van der Waals surface area contributed by atoms with Crippen molar-refractivity contribution in [1.82, 2.24) is 0 Å². The maximum absolute atomic E-state index is 11.5. The Hall–Kier alpha value is -1.26. The molecule has 4 N–H and O–H groups in total. The van der Waals surface area contributed by atoms with Crippen LogP contribution in [0.4, 0.5) is 5.69 Å². The predicted octanol–water partition coefficient (Wildman–Crippen LogP) is 1.50. The van der Waals surface area contributed by atoms with Gasteiger partial charge in [0.15, 0.2) is 0 Å². The number of hydrogen-bond donors (Lipinski definition) is 2. The topological polar surface area (TPSA) is 72.4 Å². The quantitative estimate of drug-likeness (QED) is 0.872. The molecule has 1 aliphatic heterocycles. The first-order chi connectivity index (χ1) is 8.46. The van der Waals surface area contributed by atoms with Gasteiger partial charge < -0.3 is 16.4 Å². The molecule has 5 heteroatoms. The van der Waals surface area contributed by atoms with Gasteiger partial charge in [0.25, 0.3) is 0 Å². The molecule has 2 rings (SSSR count). The fourth-order valence-electron chi connectivity index (χ4n) is 2.37. The minimum Gasteiger partial charge on any atom is -0.370 e. The molecular formula is C13H18ClN3O. The minimum absolute atomic E-state index is 0.249. The highest BCUT2D eigenvalue weighted by atomic mass is 35.5. The highest BCUT2D eigenvalue weighted by Crippen LogP contribution is 2.35. The third-order valence-corrected chi connectivity index (χ3v) is 3.91. The Morgan fingerprint density at radius 1 is 1.56 bits per heavy atom. The van der Waals surface area contributed by atoms with E-state index in [4.69, 9.17) is 23.1 Å². The molecule has 98 valence electrons. The largest absolute Gasteiger partial charge is 0.370 e. The Morgan fingerprint density at radius 3 is 2.83 bits per heavy atom. The van der Waals surface area contributed by atoms with Crippen molar-refractivity contribution in [3.05, 3.63) is 28.8 Å². The average molecular weight is 268 g/mol. The minimum atomic E-state index is -0.464. The van der Waals surface area contributed by atoms with Crippen molar-refractivity contribution >= 4 is 23.2 Å². The molecule has 0 aromatic heterocycles. The van der Waals surface area contributed by atoms with E-state index < -0.39 is 5.41 Å². The van der Waals surface area contributed by atoms with Crippen molar-refractivity contribution in [3.63, 3.8) is 0 Å². The zero-order valence-corrected chi connectivity index (χ0v) is 11.2. The normalized spacial score (nSPS) is 23.4. The summed E-state index contributed by atoms with van der Waals surface area (Å²) in [6, 6.07) is 5.66. The number of amides is 1. The molecule has 1 fully saturated rings. The molecule has 18 heavy (non-hydrogen) atoms. The molecule has 0 aliphatic carbocycles. The first kappa shape index (κ1) is 13.2. The second-order valence-corrected chi connectivity index (χ2v) is 5.51. The van der Waals surface area contributed by atoms with Crippen LogP contribution in [0.15, 0.2) is 18.2 Å². The van der Waals surface area contributed by atoms with Gasteiger partial charge in [-0.3, -0.25) is 4.79 Å². The summed E-state index contributed by atoms with van der Waals surface area (Å²) in [6.45, 7) is 3.78. The highest BCUT2D eigenvalue weighted by molar-refractivity contribution is 6.30. The van der Waals surface area contributed by atoms with Crippen LogP contribution in [0.3, 0.4) is 0 Å². The van der Waals surface area contributed by atoms with Crippen LogP contribution in [-0.4, -0.2) is 19.0 Å². The highest BCUT2D eigenvalue weighted by Gasteiger charge is 2.39. The van der Waals surface area contributed by atoms with Crippen LogP contribution in [-0.2, 0) is 11.3 Å². The maximum Gasteiger partial charge on any atom is 0.225 e. The first-order valence-electron chi connectivity index (χ1n) is 5.99. The van der Waals surface area contributed by atoms with Crippen LogP contribution in [0, 0.1) is 5.41 Å². The molecule has 1 aliphatic rings. The van der Waals surface area contributed by atoms with Gasteiger partial charge in [0.2, 0.25) is 5.91 Å². The van der Waals surface area contributed by atoms with Crippen molar-refractivity contribution in [1.29, 1.82) is 0 Å². The van der Waals surface area contributed by atoms with Crippen LogP contribution < -0.4 is 16.4 Å². The van der Waals surface area contributed by atoms with Gasteiger partial charge in [-0.1, -0.05) is 17.7 Å². The van der Waals surface area contributed by atoms with E-state index in [1.54, 1.807) is 0 Å². The number of hydrogen-bond acceptors (Lipinski definition) is 3. The average Bonchev–Trinajstić information content (AvgIpc) is 2.73. The summed E-state index contributed by atoms with van der Waals surface area (Å²) in [5, 5.41) is 0.676. The van der Waals surface area contributed by atoms with Crippen LogP contribution in [0.1, 0.15) is 18.9 Å². The molecule has 1 saturated heterocycles. The Kier molecular flexibility index (Phi) is 3.50. The fraction of sp³-hybridized carbons (Fsp3) is 0.462. The smallest absolute Gasteiger partial charge is 0.225 e. The number of carbonyl (C=O) groups excluding carboxylic acids is 1. The van der Waals surface area contributed by atoms with Crippen molar-refractivity contribution in [2.24, 2.45) is 16.9 Å². The number of anilines is 1. The van der Waals surface area contributed by atoms with Crippen molar-refractivity contribution < 1.29 is 4.79 Å². The fourth-order valence-corrected chi connectivity index (χ4v) is 2.54. The van der Waals surface area contributed by atoms with Crippen LogP contribution in [0.5, 0.6) is 0 Å². The molecule has 1 aromatic rings. The third-order valence-electron chi connectivity index (χ3n) is 3.68. The molecule has 1 unspecified atom stereocenters. The maximum atomic E-state index is 11.5. The van der Waals surface area contributed by atoms with Gasteiger partial charge in [-0.2, -0.15) is 0 Å². The van der Waals surface area contributed by atoms with Gasteiger partial charge in [-0.15, -0.1) is 0 Å². The molecular weight excluding hydrogens is 250 g/mol. The molecule has 1 aromatic carbocycles.